The van der Waals surface area contributed by atoms with Crippen molar-refractivity contribution in [3.63, 3.8) is 0 Å². The second-order valence-corrected chi connectivity index (χ2v) is 6.04. The van der Waals surface area contributed by atoms with E-state index in [9.17, 15) is 0 Å². The van der Waals surface area contributed by atoms with Crippen molar-refractivity contribution in [1.82, 2.24) is 0 Å². The molecule has 0 saturated heterocycles. The Kier molecular flexibility index (Phi) is 4.41. The predicted octanol–water partition coefficient (Wildman–Crippen LogP) is 3.74. The van der Waals surface area contributed by atoms with Gasteiger partial charge in [0.2, 0.25) is 0 Å². The third kappa shape index (κ3) is 2.48. The number of nitrogens with two attached hydrogens (primary N) is 1. The molecule has 0 spiro atoms. The Morgan fingerprint density at radius 1 is 1.37 bits per heavy atom. The smallest absolute Gasteiger partial charge is 0.134 e. The molecule has 0 aliphatic heterocycles. The number of methoxy groups -OCH3 is 1. The number of rotatable bonds is 5. The van der Waals surface area contributed by atoms with Crippen molar-refractivity contribution in [3.05, 3.63) is 22.7 Å². The molecule has 1 aromatic carbocycles. The quantitative estimate of drug-likeness (QED) is 0.895. The predicted molar refractivity (Wildman–Crippen MR) is 80.7 cm³/mol. The fourth-order valence-electron chi connectivity index (χ4n) is 3.03. The van der Waals surface area contributed by atoms with E-state index < -0.39 is 0 Å². The van der Waals surface area contributed by atoms with Crippen LogP contribution in [0, 0.1) is 5.41 Å². The molecule has 1 fully saturated rings. The lowest BCUT2D eigenvalue weighted by atomic mass is 9.59. The molecule has 3 nitrogen and oxygen atoms in total. The first-order valence-electron chi connectivity index (χ1n) is 6.83. The molecule has 0 radical (unpaired) electrons. The maximum Gasteiger partial charge on any atom is 0.134 e. The van der Waals surface area contributed by atoms with Gasteiger partial charge < -0.3 is 15.2 Å². The van der Waals surface area contributed by atoms with Crippen LogP contribution in [-0.4, -0.2) is 19.3 Å². The van der Waals surface area contributed by atoms with Crippen molar-refractivity contribution in [2.45, 2.75) is 45.3 Å². The zero-order valence-corrected chi connectivity index (χ0v) is 13.4. The van der Waals surface area contributed by atoms with Crippen molar-refractivity contribution in [2.75, 3.05) is 7.11 Å². The van der Waals surface area contributed by atoms with Crippen LogP contribution >= 0.6 is 15.9 Å². The molecule has 1 aliphatic rings. The average molecular weight is 328 g/mol. The molecule has 2 atom stereocenters. The van der Waals surface area contributed by atoms with Gasteiger partial charge >= 0.3 is 0 Å². The first-order chi connectivity index (χ1) is 9.07. The summed E-state index contributed by atoms with van der Waals surface area (Å²) >= 11 is 3.53. The van der Waals surface area contributed by atoms with E-state index in [-0.39, 0.29) is 17.6 Å². The molecule has 2 unspecified atom stereocenters. The molecule has 4 heteroatoms. The van der Waals surface area contributed by atoms with Gasteiger partial charge in [-0.05, 0) is 47.0 Å². The minimum absolute atomic E-state index is 0.124. The lowest BCUT2D eigenvalue weighted by molar-refractivity contribution is -0.0726. The summed E-state index contributed by atoms with van der Waals surface area (Å²) in [5.74, 6) is 1.69. The number of benzene rings is 1. The first kappa shape index (κ1) is 14.7. The monoisotopic (exact) mass is 327 g/mol. The fourth-order valence-corrected chi connectivity index (χ4v) is 3.48. The zero-order chi connectivity index (χ0) is 14.0. The normalized spacial score (nSPS) is 24.7. The summed E-state index contributed by atoms with van der Waals surface area (Å²) in [4.78, 5) is 0. The van der Waals surface area contributed by atoms with Gasteiger partial charge in [0.1, 0.15) is 17.6 Å². The van der Waals surface area contributed by atoms with Crippen LogP contribution < -0.4 is 15.2 Å². The summed E-state index contributed by atoms with van der Waals surface area (Å²) < 4.78 is 12.3. The summed E-state index contributed by atoms with van der Waals surface area (Å²) in [5.41, 5.74) is 6.32. The summed E-state index contributed by atoms with van der Waals surface area (Å²) in [5, 5.41) is 0. The van der Waals surface area contributed by atoms with Gasteiger partial charge in [0.05, 0.1) is 11.6 Å². The number of hydrogen-bond acceptors (Lipinski definition) is 3. The minimum Gasteiger partial charge on any atom is -0.497 e. The van der Waals surface area contributed by atoms with Gasteiger partial charge in [-0.25, -0.2) is 0 Å². The van der Waals surface area contributed by atoms with Crippen LogP contribution in [0.2, 0.25) is 0 Å². The van der Waals surface area contributed by atoms with Gasteiger partial charge in [0.25, 0.3) is 0 Å². The van der Waals surface area contributed by atoms with Crippen molar-refractivity contribution in [1.29, 1.82) is 0 Å². The molecule has 2 rings (SSSR count). The summed E-state index contributed by atoms with van der Waals surface area (Å²) in [6.07, 6.45) is 3.26. The average Bonchev–Trinajstić information content (AvgIpc) is 2.41. The highest BCUT2D eigenvalue weighted by molar-refractivity contribution is 9.10. The van der Waals surface area contributed by atoms with Crippen LogP contribution in [0.1, 0.15) is 33.1 Å². The van der Waals surface area contributed by atoms with Gasteiger partial charge in [-0.15, -0.1) is 0 Å². The highest BCUT2D eigenvalue weighted by Crippen LogP contribution is 2.48. The van der Waals surface area contributed by atoms with E-state index in [1.165, 1.54) is 0 Å². The van der Waals surface area contributed by atoms with E-state index in [4.69, 9.17) is 15.2 Å². The van der Waals surface area contributed by atoms with E-state index in [1.807, 2.05) is 18.2 Å². The van der Waals surface area contributed by atoms with E-state index in [0.717, 1.165) is 35.2 Å². The van der Waals surface area contributed by atoms with Gasteiger partial charge in [-0.1, -0.05) is 13.8 Å². The maximum absolute atomic E-state index is 6.19. The molecule has 2 N–H and O–H groups in total. The zero-order valence-electron chi connectivity index (χ0n) is 11.8. The molecule has 0 amide bonds. The maximum atomic E-state index is 6.19. The molecule has 0 heterocycles. The number of ether oxygens (including phenoxy) is 2. The standard InChI is InChI=1S/C15H22BrNO2/c1-4-15(5-2)13(17)9-14(15)19-12-7-6-10(18-3)8-11(12)16/h6-8,13-14H,4-5,9,17H2,1-3H3. The van der Waals surface area contributed by atoms with Crippen LogP contribution in [0.3, 0.4) is 0 Å². The third-order valence-electron chi connectivity index (χ3n) is 4.57. The van der Waals surface area contributed by atoms with E-state index in [1.54, 1.807) is 7.11 Å². The van der Waals surface area contributed by atoms with Crippen molar-refractivity contribution >= 4 is 15.9 Å². The number of halogens is 1. The van der Waals surface area contributed by atoms with Gasteiger partial charge in [-0.3, -0.25) is 0 Å². The largest absolute Gasteiger partial charge is 0.497 e. The first-order valence-corrected chi connectivity index (χ1v) is 7.62. The molecule has 106 valence electrons. The van der Waals surface area contributed by atoms with Gasteiger partial charge in [-0.2, -0.15) is 0 Å². The lowest BCUT2D eigenvalue weighted by Crippen LogP contribution is -2.62. The van der Waals surface area contributed by atoms with Gasteiger partial charge in [0.15, 0.2) is 0 Å². The second kappa shape index (κ2) is 5.71. The third-order valence-corrected chi connectivity index (χ3v) is 5.19. The summed E-state index contributed by atoms with van der Waals surface area (Å²) in [6.45, 7) is 4.39. The van der Waals surface area contributed by atoms with Crippen LogP contribution in [-0.2, 0) is 0 Å². The molecular weight excluding hydrogens is 306 g/mol. The Balaban J connectivity index is 2.14. The molecular formula is C15H22BrNO2. The SMILES string of the molecule is CCC1(CC)C(N)CC1Oc1ccc(OC)cc1Br. The Labute approximate surface area is 123 Å². The summed E-state index contributed by atoms with van der Waals surface area (Å²) in [7, 11) is 1.66. The van der Waals surface area contributed by atoms with E-state index in [0.29, 0.717) is 0 Å². The van der Waals surface area contributed by atoms with Crippen LogP contribution in [0.5, 0.6) is 11.5 Å². The Morgan fingerprint density at radius 2 is 2.05 bits per heavy atom. The molecule has 1 aromatic rings. The lowest BCUT2D eigenvalue weighted by Gasteiger charge is -2.53. The highest BCUT2D eigenvalue weighted by Gasteiger charge is 2.52. The van der Waals surface area contributed by atoms with Crippen LogP contribution in [0.25, 0.3) is 0 Å². The van der Waals surface area contributed by atoms with E-state index >= 15 is 0 Å². The van der Waals surface area contributed by atoms with Crippen molar-refractivity contribution in [2.24, 2.45) is 11.1 Å². The van der Waals surface area contributed by atoms with E-state index in [2.05, 4.69) is 29.8 Å². The molecule has 1 saturated carbocycles. The van der Waals surface area contributed by atoms with Crippen LogP contribution in [0.4, 0.5) is 0 Å². The van der Waals surface area contributed by atoms with Crippen molar-refractivity contribution in [3.8, 4) is 11.5 Å². The van der Waals surface area contributed by atoms with Crippen LogP contribution in [0.15, 0.2) is 22.7 Å². The highest BCUT2D eigenvalue weighted by atomic mass is 79.9. The number of hydrogen-bond donors (Lipinski definition) is 1. The summed E-state index contributed by atoms with van der Waals surface area (Å²) in [6, 6.07) is 6.04. The topological polar surface area (TPSA) is 44.5 Å². The minimum atomic E-state index is 0.124. The Hall–Kier alpha value is -0.740. The fraction of sp³-hybridized carbons (Fsp3) is 0.600. The second-order valence-electron chi connectivity index (χ2n) is 5.19. The molecule has 1 aliphatic carbocycles. The molecule has 0 aromatic heterocycles. The Bertz CT molecular complexity index is 446. The van der Waals surface area contributed by atoms with Crippen molar-refractivity contribution < 1.29 is 9.47 Å². The van der Waals surface area contributed by atoms with Gasteiger partial charge in [0, 0.05) is 17.9 Å². The molecule has 0 bridgehead atoms. The molecule has 19 heavy (non-hydrogen) atoms. The Morgan fingerprint density at radius 3 is 2.53 bits per heavy atom.